The lowest BCUT2D eigenvalue weighted by Crippen LogP contribution is -2.10. The standard InChI is InChI=1S/C18H21BrO/c1-14-6-3-4-8-17(14)11-16(13-19)10-15-7-5-9-18(12-15)20-2/h3-9,12,16H,10-11,13H2,1-2H3. The van der Waals surface area contributed by atoms with Crippen LogP contribution in [0.3, 0.4) is 0 Å². The molecule has 0 bridgehead atoms. The first-order chi connectivity index (χ1) is 9.72. The Kier molecular flexibility index (Phi) is 5.66. The van der Waals surface area contributed by atoms with Gasteiger partial charge in [-0.2, -0.15) is 0 Å². The van der Waals surface area contributed by atoms with Crippen LogP contribution in [0.2, 0.25) is 0 Å². The van der Waals surface area contributed by atoms with E-state index in [0.717, 1.165) is 23.9 Å². The molecule has 0 N–H and O–H groups in total. The topological polar surface area (TPSA) is 9.23 Å². The Bertz CT molecular complexity index is 551. The molecular weight excluding hydrogens is 312 g/mol. The van der Waals surface area contributed by atoms with Gasteiger partial charge in [-0.15, -0.1) is 0 Å². The molecule has 2 heteroatoms. The van der Waals surface area contributed by atoms with Crippen LogP contribution in [0.25, 0.3) is 0 Å². The van der Waals surface area contributed by atoms with E-state index in [9.17, 15) is 0 Å². The van der Waals surface area contributed by atoms with Crippen molar-refractivity contribution in [3.63, 3.8) is 0 Å². The molecule has 0 aromatic heterocycles. The van der Waals surface area contributed by atoms with E-state index >= 15 is 0 Å². The van der Waals surface area contributed by atoms with Gasteiger partial charge in [0.1, 0.15) is 5.75 Å². The maximum atomic E-state index is 5.30. The number of ether oxygens (including phenoxy) is 1. The minimum absolute atomic E-state index is 0.600. The number of alkyl halides is 1. The fourth-order valence-electron chi connectivity index (χ4n) is 2.46. The van der Waals surface area contributed by atoms with Crippen LogP contribution in [-0.4, -0.2) is 12.4 Å². The molecule has 1 unspecified atom stereocenters. The number of rotatable bonds is 6. The molecule has 1 atom stereocenters. The molecule has 0 aliphatic rings. The summed E-state index contributed by atoms with van der Waals surface area (Å²) in [6.45, 7) is 2.19. The lowest BCUT2D eigenvalue weighted by Gasteiger charge is -2.16. The Morgan fingerprint density at radius 2 is 1.85 bits per heavy atom. The molecule has 0 heterocycles. The SMILES string of the molecule is COc1cccc(CC(CBr)Cc2ccccc2C)c1. The molecule has 2 aromatic carbocycles. The summed E-state index contributed by atoms with van der Waals surface area (Å²) >= 11 is 3.66. The maximum absolute atomic E-state index is 5.30. The smallest absolute Gasteiger partial charge is 0.119 e. The molecule has 1 nitrogen and oxygen atoms in total. The average molecular weight is 333 g/mol. The van der Waals surface area contributed by atoms with Crippen LogP contribution in [-0.2, 0) is 12.8 Å². The first kappa shape index (κ1) is 15.1. The van der Waals surface area contributed by atoms with Crippen LogP contribution in [0.5, 0.6) is 5.75 Å². The Labute approximate surface area is 130 Å². The second-order valence-electron chi connectivity index (χ2n) is 5.21. The molecule has 0 saturated heterocycles. The molecule has 0 fully saturated rings. The summed E-state index contributed by atoms with van der Waals surface area (Å²) in [4.78, 5) is 0. The highest BCUT2D eigenvalue weighted by Crippen LogP contribution is 2.21. The van der Waals surface area contributed by atoms with Gasteiger partial charge in [-0.25, -0.2) is 0 Å². The highest BCUT2D eigenvalue weighted by molar-refractivity contribution is 9.09. The lowest BCUT2D eigenvalue weighted by atomic mass is 9.92. The number of aryl methyl sites for hydroxylation is 1. The monoisotopic (exact) mass is 332 g/mol. The van der Waals surface area contributed by atoms with E-state index in [1.54, 1.807) is 7.11 Å². The second kappa shape index (κ2) is 7.49. The molecule has 0 amide bonds. The van der Waals surface area contributed by atoms with Gasteiger partial charge in [0.05, 0.1) is 7.11 Å². The van der Waals surface area contributed by atoms with Crippen LogP contribution < -0.4 is 4.74 Å². The third-order valence-corrected chi connectivity index (χ3v) is 4.56. The summed E-state index contributed by atoms with van der Waals surface area (Å²) in [6.07, 6.45) is 2.17. The van der Waals surface area contributed by atoms with E-state index < -0.39 is 0 Å². The summed E-state index contributed by atoms with van der Waals surface area (Å²) in [5, 5.41) is 1.01. The zero-order valence-corrected chi connectivity index (χ0v) is 13.7. The van der Waals surface area contributed by atoms with E-state index in [1.807, 2.05) is 6.07 Å². The van der Waals surface area contributed by atoms with Crippen LogP contribution in [0.1, 0.15) is 16.7 Å². The van der Waals surface area contributed by atoms with Crippen molar-refractivity contribution in [3.8, 4) is 5.75 Å². The summed E-state index contributed by atoms with van der Waals surface area (Å²) in [6, 6.07) is 17.0. The molecular formula is C18H21BrO. The van der Waals surface area contributed by atoms with Gasteiger partial charge in [0, 0.05) is 5.33 Å². The van der Waals surface area contributed by atoms with Gasteiger partial charge < -0.3 is 4.74 Å². The molecule has 0 radical (unpaired) electrons. The fraction of sp³-hybridized carbons (Fsp3) is 0.333. The number of benzene rings is 2. The Balaban J connectivity index is 2.07. The first-order valence-electron chi connectivity index (χ1n) is 6.96. The van der Waals surface area contributed by atoms with E-state index in [4.69, 9.17) is 4.74 Å². The van der Waals surface area contributed by atoms with Crippen molar-refractivity contribution < 1.29 is 4.74 Å². The van der Waals surface area contributed by atoms with Gasteiger partial charge in [0.15, 0.2) is 0 Å². The van der Waals surface area contributed by atoms with E-state index in [1.165, 1.54) is 16.7 Å². The third kappa shape index (κ3) is 4.11. The highest BCUT2D eigenvalue weighted by atomic mass is 79.9. The highest BCUT2D eigenvalue weighted by Gasteiger charge is 2.11. The first-order valence-corrected chi connectivity index (χ1v) is 8.08. The minimum atomic E-state index is 0.600. The Hall–Kier alpha value is -1.28. The number of hydrogen-bond donors (Lipinski definition) is 0. The van der Waals surface area contributed by atoms with Crippen LogP contribution in [0.4, 0.5) is 0 Å². The predicted octanol–water partition coefficient (Wildman–Crippen LogP) is 4.80. The molecule has 0 aliphatic carbocycles. The summed E-state index contributed by atoms with van der Waals surface area (Å²) in [5.41, 5.74) is 4.16. The maximum Gasteiger partial charge on any atom is 0.119 e. The summed E-state index contributed by atoms with van der Waals surface area (Å²) in [7, 11) is 1.72. The van der Waals surface area contributed by atoms with E-state index in [2.05, 4.69) is 65.3 Å². The largest absolute Gasteiger partial charge is 0.497 e. The van der Waals surface area contributed by atoms with Crippen molar-refractivity contribution in [2.75, 3.05) is 12.4 Å². The molecule has 20 heavy (non-hydrogen) atoms. The summed E-state index contributed by atoms with van der Waals surface area (Å²) in [5.74, 6) is 1.54. The van der Waals surface area contributed by atoms with E-state index in [0.29, 0.717) is 5.92 Å². The molecule has 0 saturated carbocycles. The van der Waals surface area contributed by atoms with Crippen molar-refractivity contribution in [1.82, 2.24) is 0 Å². The van der Waals surface area contributed by atoms with Crippen LogP contribution in [0.15, 0.2) is 48.5 Å². The average Bonchev–Trinajstić information content (AvgIpc) is 2.49. The van der Waals surface area contributed by atoms with Gasteiger partial charge in [0.2, 0.25) is 0 Å². The predicted molar refractivity (Wildman–Crippen MR) is 88.9 cm³/mol. The molecule has 0 aliphatic heterocycles. The molecule has 2 rings (SSSR count). The lowest BCUT2D eigenvalue weighted by molar-refractivity contribution is 0.414. The third-order valence-electron chi connectivity index (χ3n) is 3.65. The zero-order valence-electron chi connectivity index (χ0n) is 12.1. The molecule has 2 aromatic rings. The van der Waals surface area contributed by atoms with Gasteiger partial charge in [-0.1, -0.05) is 52.3 Å². The minimum Gasteiger partial charge on any atom is -0.497 e. The zero-order chi connectivity index (χ0) is 14.4. The van der Waals surface area contributed by atoms with Crippen LogP contribution in [0, 0.1) is 12.8 Å². The fourth-order valence-corrected chi connectivity index (χ4v) is 2.92. The summed E-state index contributed by atoms with van der Waals surface area (Å²) < 4.78 is 5.30. The Morgan fingerprint density at radius 1 is 1.05 bits per heavy atom. The van der Waals surface area contributed by atoms with Crippen molar-refractivity contribution in [2.45, 2.75) is 19.8 Å². The van der Waals surface area contributed by atoms with Crippen LogP contribution >= 0.6 is 15.9 Å². The quantitative estimate of drug-likeness (QED) is 0.690. The van der Waals surface area contributed by atoms with Crippen molar-refractivity contribution in [3.05, 3.63) is 65.2 Å². The normalized spacial score (nSPS) is 12.2. The second-order valence-corrected chi connectivity index (χ2v) is 5.85. The number of hydrogen-bond acceptors (Lipinski definition) is 1. The Morgan fingerprint density at radius 3 is 2.55 bits per heavy atom. The van der Waals surface area contributed by atoms with Crippen molar-refractivity contribution in [2.24, 2.45) is 5.92 Å². The van der Waals surface area contributed by atoms with E-state index in [-0.39, 0.29) is 0 Å². The van der Waals surface area contributed by atoms with Crippen molar-refractivity contribution >= 4 is 15.9 Å². The van der Waals surface area contributed by atoms with Gasteiger partial charge >= 0.3 is 0 Å². The van der Waals surface area contributed by atoms with Gasteiger partial charge in [0.25, 0.3) is 0 Å². The molecule has 106 valence electrons. The van der Waals surface area contributed by atoms with Gasteiger partial charge in [-0.3, -0.25) is 0 Å². The number of halogens is 1. The molecule has 0 spiro atoms. The number of methoxy groups -OCH3 is 1. The van der Waals surface area contributed by atoms with Gasteiger partial charge in [-0.05, 0) is 54.5 Å². The van der Waals surface area contributed by atoms with Crippen molar-refractivity contribution in [1.29, 1.82) is 0 Å².